The zero-order chi connectivity index (χ0) is 12.8. The summed E-state index contributed by atoms with van der Waals surface area (Å²) in [5, 5.41) is 2.55. The van der Waals surface area contributed by atoms with Crippen molar-refractivity contribution in [3.8, 4) is 0 Å². The Labute approximate surface area is 110 Å². The summed E-state index contributed by atoms with van der Waals surface area (Å²) in [4.78, 5) is 0. The van der Waals surface area contributed by atoms with Gasteiger partial charge in [-0.3, -0.25) is 0 Å². The monoisotopic (exact) mass is 262 g/mol. The molecule has 0 aromatic heterocycles. The molecule has 0 fully saturated rings. The van der Waals surface area contributed by atoms with E-state index >= 15 is 0 Å². The van der Waals surface area contributed by atoms with Gasteiger partial charge < -0.3 is 9.05 Å². The lowest BCUT2D eigenvalue weighted by Crippen LogP contribution is -1.94. The van der Waals surface area contributed by atoms with Crippen LogP contribution in [0.2, 0.25) is 0 Å². The Morgan fingerprint density at radius 3 is 2.22 bits per heavy atom. The van der Waals surface area contributed by atoms with Crippen molar-refractivity contribution in [2.45, 2.75) is 20.0 Å². The molecular formula is C15H19O2P. The normalized spacial score (nSPS) is 11.3. The minimum atomic E-state index is -0.793. The molecule has 2 aromatic rings. The van der Waals surface area contributed by atoms with Crippen LogP contribution in [0.4, 0.5) is 0 Å². The highest BCUT2D eigenvalue weighted by molar-refractivity contribution is 7.46. The fourth-order valence-corrected chi connectivity index (χ4v) is 3.23. The minimum absolute atomic E-state index is 0.708. The molecular weight excluding hydrogens is 243 g/mol. The van der Waals surface area contributed by atoms with Crippen molar-refractivity contribution in [3.05, 3.63) is 48.0 Å². The van der Waals surface area contributed by atoms with Crippen molar-refractivity contribution in [1.82, 2.24) is 0 Å². The molecule has 0 heterocycles. The fraction of sp³-hybridized carbons (Fsp3) is 0.333. The number of fused-ring (bicyclic) bond motifs is 1. The molecule has 0 spiro atoms. The zero-order valence-corrected chi connectivity index (χ0v) is 11.8. The molecule has 0 atom stereocenters. The Balaban J connectivity index is 2.14. The number of rotatable bonds is 6. The molecule has 96 valence electrons. The van der Waals surface area contributed by atoms with Gasteiger partial charge in [-0.15, -0.1) is 0 Å². The second kappa shape index (κ2) is 6.84. The third kappa shape index (κ3) is 3.52. The molecule has 2 nitrogen and oxygen atoms in total. The Hall–Kier alpha value is -0.950. The van der Waals surface area contributed by atoms with Crippen molar-refractivity contribution in [1.29, 1.82) is 0 Å². The van der Waals surface area contributed by atoms with E-state index in [0.29, 0.717) is 13.2 Å². The van der Waals surface area contributed by atoms with Crippen LogP contribution in [0.5, 0.6) is 0 Å². The average molecular weight is 262 g/mol. The van der Waals surface area contributed by atoms with Gasteiger partial charge in [0.1, 0.15) is 0 Å². The van der Waals surface area contributed by atoms with Crippen LogP contribution < -0.4 is 0 Å². The van der Waals surface area contributed by atoms with Gasteiger partial charge in [-0.2, -0.15) is 0 Å². The molecule has 18 heavy (non-hydrogen) atoms. The van der Waals surface area contributed by atoms with Gasteiger partial charge in [-0.05, 0) is 30.2 Å². The summed E-state index contributed by atoms with van der Waals surface area (Å²) in [7, 11) is -0.793. The van der Waals surface area contributed by atoms with E-state index in [0.717, 1.165) is 6.16 Å². The van der Waals surface area contributed by atoms with Gasteiger partial charge in [-0.1, -0.05) is 42.5 Å². The maximum absolute atomic E-state index is 5.64. The van der Waals surface area contributed by atoms with Crippen molar-refractivity contribution in [3.63, 3.8) is 0 Å². The van der Waals surface area contributed by atoms with Crippen LogP contribution >= 0.6 is 8.38 Å². The van der Waals surface area contributed by atoms with Crippen molar-refractivity contribution in [2.24, 2.45) is 0 Å². The van der Waals surface area contributed by atoms with Crippen LogP contribution in [0, 0.1) is 0 Å². The molecule has 0 unspecified atom stereocenters. The van der Waals surface area contributed by atoms with E-state index in [9.17, 15) is 0 Å². The van der Waals surface area contributed by atoms with E-state index in [-0.39, 0.29) is 0 Å². The first-order valence-electron chi connectivity index (χ1n) is 6.34. The highest BCUT2D eigenvalue weighted by Gasteiger charge is 2.10. The molecule has 0 N–H and O–H groups in total. The molecule has 0 saturated heterocycles. The summed E-state index contributed by atoms with van der Waals surface area (Å²) in [6.07, 6.45) is 0.863. The molecule has 0 bridgehead atoms. The van der Waals surface area contributed by atoms with Crippen LogP contribution in [0.1, 0.15) is 19.4 Å². The van der Waals surface area contributed by atoms with E-state index in [2.05, 4.69) is 42.5 Å². The van der Waals surface area contributed by atoms with Gasteiger partial charge >= 0.3 is 0 Å². The zero-order valence-electron chi connectivity index (χ0n) is 10.9. The molecule has 3 heteroatoms. The SMILES string of the molecule is CCOP(Cc1ccc2ccccc2c1)OCC. The standard InChI is InChI=1S/C15H19O2P/c1-3-16-18(17-4-2)12-13-9-10-14-7-5-6-8-15(14)11-13/h5-11H,3-4,12H2,1-2H3. The van der Waals surface area contributed by atoms with Crippen LogP contribution in [-0.4, -0.2) is 13.2 Å². The van der Waals surface area contributed by atoms with Crippen LogP contribution in [-0.2, 0) is 15.2 Å². The number of hydrogen-bond donors (Lipinski definition) is 0. The highest BCUT2D eigenvalue weighted by Crippen LogP contribution is 2.42. The summed E-state index contributed by atoms with van der Waals surface area (Å²) in [5.74, 6) is 0. The Bertz CT molecular complexity index is 493. The van der Waals surface area contributed by atoms with Crippen molar-refractivity contribution in [2.75, 3.05) is 13.2 Å². The lowest BCUT2D eigenvalue weighted by Gasteiger charge is -2.15. The third-order valence-corrected chi connectivity index (χ3v) is 4.39. The Morgan fingerprint density at radius 1 is 0.889 bits per heavy atom. The minimum Gasteiger partial charge on any atom is -0.334 e. The quantitative estimate of drug-likeness (QED) is 0.701. The molecule has 0 aliphatic heterocycles. The summed E-state index contributed by atoms with van der Waals surface area (Å²) in [6, 6.07) is 15.0. The number of hydrogen-bond acceptors (Lipinski definition) is 2. The average Bonchev–Trinajstić information content (AvgIpc) is 2.39. The van der Waals surface area contributed by atoms with Gasteiger partial charge in [0.2, 0.25) is 0 Å². The lowest BCUT2D eigenvalue weighted by molar-refractivity contribution is 0.268. The van der Waals surface area contributed by atoms with E-state index < -0.39 is 8.38 Å². The number of benzene rings is 2. The van der Waals surface area contributed by atoms with Gasteiger partial charge in [-0.25, -0.2) is 0 Å². The first kappa shape index (κ1) is 13.5. The maximum Gasteiger partial charge on any atom is 0.175 e. The molecule has 0 radical (unpaired) electrons. The highest BCUT2D eigenvalue weighted by atomic mass is 31.2. The smallest absolute Gasteiger partial charge is 0.175 e. The van der Waals surface area contributed by atoms with E-state index in [1.807, 2.05) is 13.8 Å². The molecule has 0 amide bonds. The first-order valence-corrected chi connectivity index (χ1v) is 7.70. The largest absolute Gasteiger partial charge is 0.334 e. The Kier molecular flexibility index (Phi) is 5.12. The molecule has 2 aromatic carbocycles. The third-order valence-electron chi connectivity index (χ3n) is 2.67. The molecule has 2 rings (SSSR count). The first-order chi connectivity index (χ1) is 8.83. The van der Waals surface area contributed by atoms with E-state index in [1.54, 1.807) is 0 Å². The van der Waals surface area contributed by atoms with Gasteiger partial charge in [0, 0.05) is 6.16 Å². The van der Waals surface area contributed by atoms with Crippen LogP contribution in [0.15, 0.2) is 42.5 Å². The van der Waals surface area contributed by atoms with Gasteiger partial charge in [0.25, 0.3) is 0 Å². The predicted molar refractivity (Wildman–Crippen MR) is 77.8 cm³/mol. The van der Waals surface area contributed by atoms with E-state index in [1.165, 1.54) is 16.3 Å². The van der Waals surface area contributed by atoms with E-state index in [4.69, 9.17) is 9.05 Å². The lowest BCUT2D eigenvalue weighted by atomic mass is 10.1. The van der Waals surface area contributed by atoms with Gasteiger partial charge in [0.05, 0.1) is 13.2 Å². The molecule has 0 aliphatic rings. The maximum atomic E-state index is 5.64. The van der Waals surface area contributed by atoms with Gasteiger partial charge in [0.15, 0.2) is 8.38 Å². The molecule has 0 saturated carbocycles. The van der Waals surface area contributed by atoms with Crippen molar-refractivity contribution >= 4 is 19.1 Å². The second-order valence-electron chi connectivity index (χ2n) is 4.01. The van der Waals surface area contributed by atoms with Crippen LogP contribution in [0.3, 0.4) is 0 Å². The summed E-state index contributed by atoms with van der Waals surface area (Å²) >= 11 is 0. The topological polar surface area (TPSA) is 18.5 Å². The predicted octanol–water partition coefficient (Wildman–Crippen LogP) is 4.72. The van der Waals surface area contributed by atoms with Crippen molar-refractivity contribution < 1.29 is 9.05 Å². The summed E-state index contributed by atoms with van der Waals surface area (Å²) < 4.78 is 11.3. The second-order valence-corrected chi connectivity index (χ2v) is 5.51. The summed E-state index contributed by atoms with van der Waals surface area (Å²) in [6.45, 7) is 5.43. The molecule has 0 aliphatic carbocycles. The fourth-order valence-electron chi connectivity index (χ4n) is 1.90. The summed E-state index contributed by atoms with van der Waals surface area (Å²) in [5.41, 5.74) is 1.28. The van der Waals surface area contributed by atoms with Crippen LogP contribution in [0.25, 0.3) is 10.8 Å². The Morgan fingerprint density at radius 2 is 1.56 bits per heavy atom.